The summed E-state index contributed by atoms with van der Waals surface area (Å²) in [5.41, 5.74) is -0.278. The van der Waals surface area contributed by atoms with E-state index >= 15 is 0 Å². The van der Waals surface area contributed by atoms with E-state index in [1.54, 1.807) is 11.8 Å². The predicted octanol–water partition coefficient (Wildman–Crippen LogP) is 2.95. The van der Waals surface area contributed by atoms with Crippen LogP contribution < -0.4 is 4.90 Å². The molecular weight excluding hydrogens is 321 g/mol. The van der Waals surface area contributed by atoms with Crippen molar-refractivity contribution in [3.8, 4) is 0 Å². The third-order valence-electron chi connectivity index (χ3n) is 3.47. The van der Waals surface area contributed by atoms with Crippen molar-refractivity contribution in [2.24, 2.45) is 0 Å². The Labute approximate surface area is 130 Å². The van der Waals surface area contributed by atoms with Crippen molar-refractivity contribution in [2.45, 2.75) is 39.1 Å². The van der Waals surface area contributed by atoms with Crippen LogP contribution in [-0.2, 0) is 15.7 Å². The SMILES string of the molecule is CCOC(=O)c1nc(C(F)(F)F)sc1N1CCO[C@@H](C)[C@H]1C. The Balaban J connectivity index is 2.43. The number of carbonyl (C=O) groups is 1. The van der Waals surface area contributed by atoms with E-state index in [1.165, 1.54) is 0 Å². The summed E-state index contributed by atoms with van der Waals surface area (Å²) >= 11 is 0.466. The molecule has 124 valence electrons. The summed E-state index contributed by atoms with van der Waals surface area (Å²) in [6, 6.07) is -0.163. The van der Waals surface area contributed by atoms with Gasteiger partial charge in [-0.25, -0.2) is 9.78 Å². The molecule has 2 heterocycles. The van der Waals surface area contributed by atoms with E-state index in [9.17, 15) is 18.0 Å². The predicted molar refractivity (Wildman–Crippen MR) is 75.3 cm³/mol. The third kappa shape index (κ3) is 3.35. The lowest BCUT2D eigenvalue weighted by Crippen LogP contribution is -2.48. The molecule has 1 fully saturated rings. The van der Waals surface area contributed by atoms with Crippen LogP contribution in [0.3, 0.4) is 0 Å². The number of hydrogen-bond acceptors (Lipinski definition) is 6. The van der Waals surface area contributed by atoms with Gasteiger partial charge in [-0.05, 0) is 20.8 Å². The van der Waals surface area contributed by atoms with Crippen molar-refractivity contribution in [3.63, 3.8) is 0 Å². The van der Waals surface area contributed by atoms with E-state index in [0.717, 1.165) is 0 Å². The van der Waals surface area contributed by atoms with Crippen molar-refractivity contribution >= 4 is 22.3 Å². The highest BCUT2D eigenvalue weighted by molar-refractivity contribution is 7.16. The van der Waals surface area contributed by atoms with Gasteiger partial charge in [0.25, 0.3) is 0 Å². The van der Waals surface area contributed by atoms with Crippen molar-refractivity contribution in [2.75, 3.05) is 24.7 Å². The number of esters is 1. The monoisotopic (exact) mass is 338 g/mol. The van der Waals surface area contributed by atoms with Crippen molar-refractivity contribution in [3.05, 3.63) is 10.7 Å². The van der Waals surface area contributed by atoms with Crippen LogP contribution in [-0.4, -0.2) is 42.9 Å². The van der Waals surface area contributed by atoms with Gasteiger partial charge in [0.15, 0.2) is 5.69 Å². The van der Waals surface area contributed by atoms with Gasteiger partial charge in [0, 0.05) is 6.54 Å². The molecule has 0 radical (unpaired) electrons. The molecule has 0 aliphatic carbocycles. The zero-order valence-corrected chi connectivity index (χ0v) is 13.3. The number of halogens is 3. The second kappa shape index (κ2) is 6.41. The van der Waals surface area contributed by atoms with Gasteiger partial charge in [-0.2, -0.15) is 13.2 Å². The summed E-state index contributed by atoms with van der Waals surface area (Å²) in [7, 11) is 0. The van der Waals surface area contributed by atoms with Crippen LogP contribution in [0.4, 0.5) is 18.2 Å². The Morgan fingerprint density at radius 3 is 2.77 bits per heavy atom. The summed E-state index contributed by atoms with van der Waals surface area (Å²) < 4.78 is 49.1. The number of morpholine rings is 1. The Hall–Kier alpha value is -1.35. The number of alkyl halides is 3. The van der Waals surface area contributed by atoms with Gasteiger partial charge in [0.2, 0.25) is 5.01 Å². The highest BCUT2D eigenvalue weighted by atomic mass is 32.1. The van der Waals surface area contributed by atoms with Gasteiger partial charge in [0.1, 0.15) is 5.00 Å². The number of aromatic nitrogens is 1. The summed E-state index contributed by atoms with van der Waals surface area (Å²) in [5.74, 6) is -0.837. The maximum atomic E-state index is 12.9. The molecule has 1 saturated heterocycles. The van der Waals surface area contributed by atoms with E-state index in [0.29, 0.717) is 24.5 Å². The molecule has 9 heteroatoms. The summed E-state index contributed by atoms with van der Waals surface area (Å²) in [4.78, 5) is 17.1. The molecule has 22 heavy (non-hydrogen) atoms. The Morgan fingerprint density at radius 2 is 2.18 bits per heavy atom. The molecule has 0 aromatic carbocycles. The summed E-state index contributed by atoms with van der Waals surface area (Å²) in [5, 5.41) is -0.856. The first-order valence-corrected chi connectivity index (χ1v) is 7.70. The first kappa shape index (κ1) is 17.0. The summed E-state index contributed by atoms with van der Waals surface area (Å²) in [6.07, 6.45) is -4.74. The van der Waals surface area contributed by atoms with Gasteiger partial charge in [-0.3, -0.25) is 0 Å². The molecule has 1 aromatic rings. The minimum absolute atomic E-state index is 0.0756. The molecule has 0 spiro atoms. The van der Waals surface area contributed by atoms with E-state index in [4.69, 9.17) is 9.47 Å². The number of nitrogens with zero attached hydrogens (tertiary/aromatic N) is 2. The number of thiazole rings is 1. The fraction of sp³-hybridized carbons (Fsp3) is 0.692. The van der Waals surface area contributed by atoms with Gasteiger partial charge in [-0.15, -0.1) is 0 Å². The maximum absolute atomic E-state index is 12.9. The Morgan fingerprint density at radius 1 is 1.50 bits per heavy atom. The molecule has 2 rings (SSSR count). The molecule has 0 N–H and O–H groups in total. The fourth-order valence-electron chi connectivity index (χ4n) is 2.18. The smallest absolute Gasteiger partial charge is 0.443 e. The lowest BCUT2D eigenvalue weighted by Gasteiger charge is -2.38. The van der Waals surface area contributed by atoms with Crippen LogP contribution in [0.1, 0.15) is 36.3 Å². The number of rotatable bonds is 3. The van der Waals surface area contributed by atoms with Crippen LogP contribution in [0.2, 0.25) is 0 Å². The average Bonchev–Trinajstić information content (AvgIpc) is 2.87. The number of ether oxygens (including phenoxy) is 2. The van der Waals surface area contributed by atoms with E-state index in [2.05, 4.69) is 4.98 Å². The largest absolute Gasteiger partial charge is 0.461 e. The van der Waals surface area contributed by atoms with E-state index < -0.39 is 17.2 Å². The second-order valence-electron chi connectivity index (χ2n) is 4.90. The van der Waals surface area contributed by atoms with Crippen LogP contribution in [0.15, 0.2) is 0 Å². The number of hydrogen-bond donors (Lipinski definition) is 0. The normalized spacial score (nSPS) is 22.7. The number of anilines is 1. The van der Waals surface area contributed by atoms with Crippen LogP contribution in [0.5, 0.6) is 0 Å². The zero-order valence-electron chi connectivity index (χ0n) is 12.4. The van der Waals surface area contributed by atoms with E-state index in [-0.39, 0.29) is 29.4 Å². The first-order chi connectivity index (χ1) is 10.3. The van der Waals surface area contributed by atoms with Gasteiger partial charge in [0.05, 0.1) is 25.4 Å². The molecule has 0 bridgehead atoms. The van der Waals surface area contributed by atoms with Gasteiger partial charge in [-0.1, -0.05) is 11.3 Å². The molecule has 0 amide bonds. The molecule has 5 nitrogen and oxygen atoms in total. The Kier molecular flexibility index (Phi) is 4.96. The van der Waals surface area contributed by atoms with Crippen molar-refractivity contribution < 1.29 is 27.4 Å². The standard InChI is InChI=1S/C13H17F3N2O3S/c1-4-20-11(19)9-10(22-12(17-9)13(14,15)16)18-5-6-21-8(3)7(18)2/h7-8H,4-6H2,1-3H3/t7-,8+/m1/s1. The molecule has 0 unspecified atom stereocenters. The van der Waals surface area contributed by atoms with Crippen molar-refractivity contribution in [1.29, 1.82) is 0 Å². The molecule has 1 aliphatic heterocycles. The quantitative estimate of drug-likeness (QED) is 0.793. The van der Waals surface area contributed by atoms with Crippen LogP contribution in [0, 0.1) is 0 Å². The highest BCUT2D eigenvalue weighted by Crippen LogP contribution is 2.40. The zero-order chi connectivity index (χ0) is 16.5. The topological polar surface area (TPSA) is 51.7 Å². The highest BCUT2D eigenvalue weighted by Gasteiger charge is 2.40. The lowest BCUT2D eigenvalue weighted by molar-refractivity contribution is -0.137. The Bertz CT molecular complexity index is 547. The first-order valence-electron chi connectivity index (χ1n) is 6.89. The fourth-order valence-corrected chi connectivity index (χ4v) is 3.22. The molecule has 0 saturated carbocycles. The second-order valence-corrected chi connectivity index (χ2v) is 5.88. The minimum atomic E-state index is -4.59. The maximum Gasteiger partial charge on any atom is 0.443 e. The van der Waals surface area contributed by atoms with Crippen LogP contribution >= 0.6 is 11.3 Å². The molecule has 2 atom stereocenters. The molecule has 1 aromatic heterocycles. The summed E-state index contributed by atoms with van der Waals surface area (Å²) in [6.45, 7) is 6.13. The number of carbonyl (C=O) groups excluding carboxylic acids is 1. The van der Waals surface area contributed by atoms with Gasteiger partial charge < -0.3 is 14.4 Å². The van der Waals surface area contributed by atoms with Crippen molar-refractivity contribution in [1.82, 2.24) is 4.98 Å². The lowest BCUT2D eigenvalue weighted by atomic mass is 10.1. The third-order valence-corrected chi connectivity index (χ3v) is 4.60. The molecule has 1 aliphatic rings. The van der Waals surface area contributed by atoms with E-state index in [1.807, 2.05) is 13.8 Å². The van der Waals surface area contributed by atoms with Crippen LogP contribution in [0.25, 0.3) is 0 Å². The molecular formula is C13H17F3N2O3S. The minimum Gasteiger partial charge on any atom is -0.461 e. The van der Waals surface area contributed by atoms with Gasteiger partial charge >= 0.3 is 12.1 Å². The average molecular weight is 338 g/mol.